The summed E-state index contributed by atoms with van der Waals surface area (Å²) < 4.78 is 0. The average molecular weight is 227 g/mol. The van der Waals surface area contributed by atoms with Gasteiger partial charge >= 0.3 is 0 Å². The molecule has 1 atom stereocenters. The minimum absolute atomic E-state index is 0.191. The van der Waals surface area contributed by atoms with Gasteiger partial charge in [-0.15, -0.1) is 0 Å². The molecular weight excluding hydrogens is 210 g/mol. The topological polar surface area (TPSA) is 60.5 Å². The highest BCUT2D eigenvalue weighted by molar-refractivity contribution is 5.31. The molecule has 0 amide bonds. The number of aromatic nitrogens is 1. The van der Waals surface area contributed by atoms with E-state index in [9.17, 15) is 0 Å². The molecule has 0 fully saturated rings. The van der Waals surface area contributed by atoms with Crippen LogP contribution < -0.4 is 0 Å². The highest BCUT2D eigenvalue weighted by Gasteiger charge is 2.20. The third-order valence-electron chi connectivity index (χ3n) is 3.25. The Hall–Kier alpha value is -1.87. The van der Waals surface area contributed by atoms with Gasteiger partial charge in [0.1, 0.15) is 6.07 Å². The monoisotopic (exact) mass is 227 g/mol. The van der Waals surface area contributed by atoms with E-state index < -0.39 is 0 Å². The fraction of sp³-hybridized carbons (Fsp3) is 0.500. The summed E-state index contributed by atoms with van der Waals surface area (Å²) in [5, 5.41) is 17.8. The SMILES string of the molecule is CCC(CC)C(CC#N)c1cncc(C#N)c1. The van der Waals surface area contributed by atoms with Gasteiger partial charge < -0.3 is 0 Å². The van der Waals surface area contributed by atoms with E-state index in [1.54, 1.807) is 12.4 Å². The molecule has 1 unspecified atom stereocenters. The van der Waals surface area contributed by atoms with E-state index in [0.29, 0.717) is 17.9 Å². The molecule has 0 spiro atoms. The Labute approximate surface area is 103 Å². The molecule has 0 aromatic carbocycles. The normalized spacial score (nSPS) is 11.8. The molecule has 1 aromatic rings. The maximum atomic E-state index is 8.93. The molecule has 0 N–H and O–H groups in total. The highest BCUT2D eigenvalue weighted by atomic mass is 14.6. The van der Waals surface area contributed by atoms with Crippen LogP contribution >= 0.6 is 0 Å². The van der Waals surface area contributed by atoms with Gasteiger partial charge in [-0.2, -0.15) is 10.5 Å². The molecule has 0 radical (unpaired) electrons. The van der Waals surface area contributed by atoms with Crippen molar-refractivity contribution >= 4 is 0 Å². The summed E-state index contributed by atoms with van der Waals surface area (Å²) in [6, 6.07) is 6.19. The van der Waals surface area contributed by atoms with Crippen LogP contribution in [0.25, 0.3) is 0 Å². The number of nitriles is 2. The highest BCUT2D eigenvalue weighted by Crippen LogP contribution is 2.32. The van der Waals surface area contributed by atoms with E-state index >= 15 is 0 Å². The molecule has 0 aliphatic carbocycles. The van der Waals surface area contributed by atoms with Gasteiger partial charge in [-0.3, -0.25) is 4.98 Å². The number of nitrogens with zero attached hydrogens (tertiary/aromatic N) is 3. The smallest absolute Gasteiger partial charge is 0.101 e. The van der Waals surface area contributed by atoms with Crippen molar-refractivity contribution in [3.8, 4) is 12.1 Å². The Kier molecular flexibility index (Phi) is 5.17. The molecule has 3 nitrogen and oxygen atoms in total. The molecule has 0 saturated carbocycles. The van der Waals surface area contributed by atoms with Gasteiger partial charge in [0.25, 0.3) is 0 Å². The summed E-state index contributed by atoms with van der Waals surface area (Å²) in [5.41, 5.74) is 1.58. The second-order valence-corrected chi connectivity index (χ2v) is 4.16. The van der Waals surface area contributed by atoms with Gasteiger partial charge in [0, 0.05) is 24.7 Å². The van der Waals surface area contributed by atoms with Crippen LogP contribution in [-0.4, -0.2) is 4.98 Å². The molecule has 0 bridgehead atoms. The zero-order valence-electron chi connectivity index (χ0n) is 10.3. The molecule has 1 heterocycles. The van der Waals surface area contributed by atoms with Crippen molar-refractivity contribution in [1.82, 2.24) is 4.98 Å². The predicted molar refractivity (Wildman–Crippen MR) is 66.0 cm³/mol. The van der Waals surface area contributed by atoms with Crippen LogP contribution in [0.2, 0.25) is 0 Å². The minimum Gasteiger partial charge on any atom is -0.263 e. The lowest BCUT2D eigenvalue weighted by Gasteiger charge is -2.23. The van der Waals surface area contributed by atoms with E-state index in [1.807, 2.05) is 6.07 Å². The van der Waals surface area contributed by atoms with Crippen LogP contribution in [-0.2, 0) is 0 Å². The summed E-state index contributed by atoms with van der Waals surface area (Å²) >= 11 is 0. The standard InChI is InChI=1S/C14H17N3/c1-3-12(4-2)14(5-6-15)13-7-11(8-16)9-17-10-13/h7,9-10,12,14H,3-5H2,1-2H3. The molecule has 88 valence electrons. The molecule has 0 aliphatic heterocycles. The predicted octanol–water partition coefficient (Wildman–Crippen LogP) is 3.39. The fourth-order valence-electron chi connectivity index (χ4n) is 2.23. The van der Waals surface area contributed by atoms with Crippen LogP contribution in [0.3, 0.4) is 0 Å². The molecule has 3 heteroatoms. The van der Waals surface area contributed by atoms with Crippen LogP contribution in [0.4, 0.5) is 0 Å². The summed E-state index contributed by atoms with van der Waals surface area (Å²) in [6.45, 7) is 4.28. The van der Waals surface area contributed by atoms with E-state index in [0.717, 1.165) is 18.4 Å². The second-order valence-electron chi connectivity index (χ2n) is 4.16. The van der Waals surface area contributed by atoms with Crippen molar-refractivity contribution in [2.24, 2.45) is 5.92 Å². The van der Waals surface area contributed by atoms with Crippen molar-refractivity contribution in [1.29, 1.82) is 10.5 Å². The molecule has 17 heavy (non-hydrogen) atoms. The maximum absolute atomic E-state index is 8.93. The number of rotatable bonds is 5. The lowest BCUT2D eigenvalue weighted by atomic mass is 9.81. The molecule has 0 saturated heterocycles. The third kappa shape index (κ3) is 3.29. The minimum atomic E-state index is 0.191. The summed E-state index contributed by atoms with van der Waals surface area (Å²) in [6.07, 6.45) is 5.91. The van der Waals surface area contributed by atoms with Crippen molar-refractivity contribution < 1.29 is 0 Å². The van der Waals surface area contributed by atoms with E-state index in [-0.39, 0.29) is 5.92 Å². The number of hydrogen-bond donors (Lipinski definition) is 0. The summed E-state index contributed by atoms with van der Waals surface area (Å²) in [7, 11) is 0. The first kappa shape index (κ1) is 13.2. The maximum Gasteiger partial charge on any atom is 0.101 e. The van der Waals surface area contributed by atoms with Crippen LogP contribution in [0.15, 0.2) is 18.5 Å². The van der Waals surface area contributed by atoms with Gasteiger partial charge in [0.05, 0.1) is 11.6 Å². The quantitative estimate of drug-likeness (QED) is 0.774. The number of hydrogen-bond acceptors (Lipinski definition) is 3. The van der Waals surface area contributed by atoms with Crippen molar-refractivity contribution in [2.45, 2.75) is 39.0 Å². The Morgan fingerprint density at radius 1 is 1.24 bits per heavy atom. The lowest BCUT2D eigenvalue weighted by molar-refractivity contribution is 0.400. The molecule has 1 aromatic heterocycles. The number of pyridine rings is 1. The zero-order chi connectivity index (χ0) is 12.7. The lowest BCUT2D eigenvalue weighted by Crippen LogP contribution is -2.11. The Balaban J connectivity index is 3.05. The van der Waals surface area contributed by atoms with E-state index in [2.05, 4.69) is 31.0 Å². The largest absolute Gasteiger partial charge is 0.263 e. The van der Waals surface area contributed by atoms with Crippen LogP contribution in [0, 0.1) is 28.6 Å². The Morgan fingerprint density at radius 2 is 1.94 bits per heavy atom. The van der Waals surface area contributed by atoms with E-state index in [1.165, 1.54) is 0 Å². The zero-order valence-corrected chi connectivity index (χ0v) is 10.3. The Bertz CT molecular complexity index is 436. The van der Waals surface area contributed by atoms with Crippen molar-refractivity contribution in [2.75, 3.05) is 0 Å². The first-order valence-corrected chi connectivity index (χ1v) is 5.98. The third-order valence-corrected chi connectivity index (χ3v) is 3.25. The van der Waals surface area contributed by atoms with Gasteiger partial charge in [0.2, 0.25) is 0 Å². The summed E-state index contributed by atoms with van der Waals surface area (Å²) in [4.78, 5) is 4.08. The molecule has 0 aliphatic rings. The molecule has 1 rings (SSSR count). The van der Waals surface area contributed by atoms with Gasteiger partial charge in [-0.1, -0.05) is 26.7 Å². The first-order valence-electron chi connectivity index (χ1n) is 5.98. The molecular formula is C14H17N3. The van der Waals surface area contributed by atoms with Gasteiger partial charge in [-0.05, 0) is 17.5 Å². The average Bonchev–Trinajstić information content (AvgIpc) is 2.39. The van der Waals surface area contributed by atoms with Crippen LogP contribution in [0.1, 0.15) is 50.2 Å². The van der Waals surface area contributed by atoms with Crippen molar-refractivity contribution in [3.05, 3.63) is 29.6 Å². The summed E-state index contributed by atoms with van der Waals surface area (Å²) in [5.74, 6) is 0.668. The second kappa shape index (κ2) is 6.66. The van der Waals surface area contributed by atoms with Crippen molar-refractivity contribution in [3.63, 3.8) is 0 Å². The van der Waals surface area contributed by atoms with Gasteiger partial charge in [0.15, 0.2) is 0 Å². The van der Waals surface area contributed by atoms with Crippen LogP contribution in [0.5, 0.6) is 0 Å². The fourth-order valence-corrected chi connectivity index (χ4v) is 2.23. The first-order chi connectivity index (χ1) is 8.26. The van der Waals surface area contributed by atoms with E-state index in [4.69, 9.17) is 10.5 Å². The van der Waals surface area contributed by atoms with Gasteiger partial charge in [-0.25, -0.2) is 0 Å². The Morgan fingerprint density at radius 3 is 2.47 bits per heavy atom.